The number of aromatic nitrogens is 1. The van der Waals surface area contributed by atoms with Gasteiger partial charge in [0.15, 0.2) is 0 Å². The molecule has 20 heavy (non-hydrogen) atoms. The van der Waals surface area contributed by atoms with Gasteiger partial charge in [-0.3, -0.25) is 4.72 Å². The zero-order chi connectivity index (χ0) is 14.8. The Morgan fingerprint density at radius 2 is 2.05 bits per heavy atom. The minimum absolute atomic E-state index is 0.0856. The third-order valence-corrected chi connectivity index (χ3v) is 4.76. The maximum Gasteiger partial charge on any atom is 0.262 e. The molecule has 0 spiro atoms. The lowest BCUT2D eigenvalue weighted by Gasteiger charge is -2.12. The van der Waals surface area contributed by atoms with Crippen molar-refractivity contribution in [3.63, 3.8) is 0 Å². The van der Waals surface area contributed by atoms with Crippen LogP contribution in [0.5, 0.6) is 0 Å². The van der Waals surface area contributed by atoms with E-state index in [4.69, 9.17) is 11.6 Å². The van der Waals surface area contributed by atoms with Crippen LogP contribution in [0.4, 0.5) is 5.69 Å². The highest BCUT2D eigenvalue weighted by molar-refractivity contribution is 9.10. The van der Waals surface area contributed by atoms with E-state index in [1.54, 1.807) is 12.1 Å². The molecule has 0 unspecified atom stereocenters. The summed E-state index contributed by atoms with van der Waals surface area (Å²) in [6, 6.07) is 8.12. The maximum absolute atomic E-state index is 12.3. The van der Waals surface area contributed by atoms with E-state index in [0.717, 1.165) is 10.0 Å². The lowest BCUT2D eigenvalue weighted by Crippen LogP contribution is -2.14. The molecule has 0 aliphatic rings. The summed E-state index contributed by atoms with van der Waals surface area (Å²) in [5.41, 5.74) is 1.46. The van der Waals surface area contributed by atoms with E-state index in [0.29, 0.717) is 12.1 Å². The number of hydrogen-bond acceptors (Lipinski definition) is 3. The number of aryl methyl sites for hydroxylation is 1. The van der Waals surface area contributed by atoms with Crippen LogP contribution in [0.25, 0.3) is 0 Å². The van der Waals surface area contributed by atoms with Crippen LogP contribution >= 0.6 is 27.5 Å². The van der Waals surface area contributed by atoms with Crippen LogP contribution in [-0.4, -0.2) is 13.4 Å². The first kappa shape index (κ1) is 15.3. The van der Waals surface area contributed by atoms with E-state index >= 15 is 0 Å². The number of nitrogens with zero attached hydrogens (tertiary/aromatic N) is 1. The van der Waals surface area contributed by atoms with Crippen LogP contribution in [0.3, 0.4) is 0 Å². The first-order valence-electron chi connectivity index (χ1n) is 5.85. The molecule has 0 atom stereocenters. The molecule has 106 valence electrons. The molecule has 1 N–H and O–H groups in total. The minimum Gasteiger partial charge on any atom is -0.279 e. The highest BCUT2D eigenvalue weighted by Crippen LogP contribution is 2.24. The number of benzene rings is 1. The molecule has 0 saturated carbocycles. The molecule has 0 radical (unpaired) electrons. The molecule has 1 aromatic heterocycles. The average molecular weight is 376 g/mol. The van der Waals surface area contributed by atoms with Gasteiger partial charge in [0.25, 0.3) is 10.0 Å². The van der Waals surface area contributed by atoms with E-state index < -0.39 is 10.0 Å². The Labute approximate surface area is 131 Å². The largest absolute Gasteiger partial charge is 0.279 e. The first-order chi connectivity index (χ1) is 9.42. The molecule has 2 aromatic rings. The van der Waals surface area contributed by atoms with Gasteiger partial charge in [-0.1, -0.05) is 34.5 Å². The molecule has 4 nitrogen and oxygen atoms in total. The van der Waals surface area contributed by atoms with Crippen LogP contribution in [0.2, 0.25) is 5.15 Å². The third-order valence-electron chi connectivity index (χ3n) is 2.70. The number of pyridine rings is 1. The van der Waals surface area contributed by atoms with Gasteiger partial charge in [0.2, 0.25) is 0 Å². The van der Waals surface area contributed by atoms with Gasteiger partial charge >= 0.3 is 0 Å². The molecule has 0 amide bonds. The van der Waals surface area contributed by atoms with E-state index in [-0.39, 0.29) is 10.0 Å². The van der Waals surface area contributed by atoms with Gasteiger partial charge in [0, 0.05) is 10.7 Å². The highest BCUT2D eigenvalue weighted by Gasteiger charge is 2.16. The zero-order valence-electron chi connectivity index (χ0n) is 10.6. The fourth-order valence-electron chi connectivity index (χ4n) is 1.71. The summed E-state index contributed by atoms with van der Waals surface area (Å²) in [6.07, 6.45) is 2.08. The van der Waals surface area contributed by atoms with Crippen LogP contribution < -0.4 is 4.72 Å². The predicted molar refractivity (Wildman–Crippen MR) is 83.6 cm³/mol. The molecular weight excluding hydrogens is 364 g/mol. The fourth-order valence-corrected chi connectivity index (χ4v) is 3.47. The SMILES string of the molecule is CCc1cc(Br)ccc1NS(=O)(=O)c1ccnc(Cl)c1. The highest BCUT2D eigenvalue weighted by atomic mass is 79.9. The Morgan fingerprint density at radius 3 is 2.70 bits per heavy atom. The monoisotopic (exact) mass is 374 g/mol. The van der Waals surface area contributed by atoms with E-state index in [2.05, 4.69) is 25.6 Å². The van der Waals surface area contributed by atoms with Gasteiger partial charge in [0.05, 0.1) is 10.6 Å². The topological polar surface area (TPSA) is 59.1 Å². The van der Waals surface area contributed by atoms with Crippen molar-refractivity contribution in [2.24, 2.45) is 0 Å². The summed E-state index contributed by atoms with van der Waals surface area (Å²) in [7, 11) is -3.67. The normalized spacial score (nSPS) is 11.3. The summed E-state index contributed by atoms with van der Waals surface area (Å²) in [4.78, 5) is 3.86. The van der Waals surface area contributed by atoms with Crippen LogP contribution in [0.15, 0.2) is 45.9 Å². The molecule has 2 rings (SSSR count). The Morgan fingerprint density at radius 1 is 1.30 bits per heavy atom. The van der Waals surface area contributed by atoms with Crippen molar-refractivity contribution in [1.29, 1.82) is 0 Å². The van der Waals surface area contributed by atoms with Crippen molar-refractivity contribution in [3.05, 3.63) is 51.7 Å². The molecular formula is C13H12BrClN2O2S. The zero-order valence-corrected chi connectivity index (χ0v) is 13.8. The number of anilines is 1. The summed E-state index contributed by atoms with van der Waals surface area (Å²) in [6.45, 7) is 1.96. The summed E-state index contributed by atoms with van der Waals surface area (Å²) in [5.74, 6) is 0. The van der Waals surface area contributed by atoms with Crippen molar-refractivity contribution >= 4 is 43.2 Å². The van der Waals surface area contributed by atoms with Gasteiger partial charge < -0.3 is 0 Å². The smallest absolute Gasteiger partial charge is 0.262 e. The Balaban J connectivity index is 2.38. The molecule has 7 heteroatoms. The van der Waals surface area contributed by atoms with Gasteiger partial charge in [-0.15, -0.1) is 0 Å². The Hall–Kier alpha value is -1.11. The Kier molecular flexibility index (Phi) is 4.67. The van der Waals surface area contributed by atoms with Crippen molar-refractivity contribution in [2.75, 3.05) is 4.72 Å². The first-order valence-corrected chi connectivity index (χ1v) is 8.50. The maximum atomic E-state index is 12.3. The molecule has 0 aliphatic carbocycles. The fraction of sp³-hybridized carbons (Fsp3) is 0.154. The second kappa shape index (κ2) is 6.11. The minimum atomic E-state index is -3.67. The van der Waals surface area contributed by atoms with E-state index in [1.807, 2.05) is 13.0 Å². The van der Waals surface area contributed by atoms with Crippen molar-refractivity contribution in [3.8, 4) is 0 Å². The third kappa shape index (κ3) is 3.50. The van der Waals surface area contributed by atoms with Crippen LogP contribution in [0, 0.1) is 0 Å². The number of nitrogens with one attached hydrogen (secondary N) is 1. The lowest BCUT2D eigenvalue weighted by atomic mass is 10.1. The Bertz CT molecular complexity index is 735. The summed E-state index contributed by atoms with van der Waals surface area (Å²) >= 11 is 9.09. The van der Waals surface area contributed by atoms with Gasteiger partial charge in [-0.2, -0.15) is 0 Å². The molecule has 1 aromatic carbocycles. The second-order valence-corrected chi connectivity index (χ2v) is 7.06. The molecule has 0 saturated heterocycles. The number of hydrogen-bond donors (Lipinski definition) is 1. The van der Waals surface area contributed by atoms with Crippen molar-refractivity contribution < 1.29 is 8.42 Å². The lowest BCUT2D eigenvalue weighted by molar-refractivity contribution is 0.601. The standard InChI is InChI=1S/C13H12BrClN2O2S/c1-2-9-7-10(14)3-4-12(9)17-20(18,19)11-5-6-16-13(15)8-11/h3-8,17H,2H2,1H3. The second-order valence-electron chi connectivity index (χ2n) is 4.07. The van der Waals surface area contributed by atoms with Gasteiger partial charge in [-0.25, -0.2) is 13.4 Å². The van der Waals surface area contributed by atoms with E-state index in [9.17, 15) is 8.42 Å². The summed E-state index contributed by atoms with van der Waals surface area (Å²) < 4.78 is 28.1. The number of rotatable bonds is 4. The molecule has 0 fully saturated rings. The molecule has 1 heterocycles. The van der Waals surface area contributed by atoms with Crippen molar-refractivity contribution in [1.82, 2.24) is 4.98 Å². The molecule has 0 aliphatic heterocycles. The number of sulfonamides is 1. The van der Waals surface area contributed by atoms with Gasteiger partial charge in [-0.05, 0) is 42.3 Å². The average Bonchev–Trinajstić information content (AvgIpc) is 2.40. The molecule has 0 bridgehead atoms. The predicted octanol–water partition coefficient (Wildman–Crippen LogP) is 3.86. The van der Waals surface area contributed by atoms with Crippen LogP contribution in [-0.2, 0) is 16.4 Å². The van der Waals surface area contributed by atoms with E-state index in [1.165, 1.54) is 18.3 Å². The number of halogens is 2. The van der Waals surface area contributed by atoms with Crippen molar-refractivity contribution in [2.45, 2.75) is 18.2 Å². The van der Waals surface area contributed by atoms with Crippen LogP contribution in [0.1, 0.15) is 12.5 Å². The summed E-state index contributed by atoms with van der Waals surface area (Å²) in [5, 5.41) is 0.138. The quantitative estimate of drug-likeness (QED) is 0.826. The van der Waals surface area contributed by atoms with Gasteiger partial charge in [0.1, 0.15) is 5.15 Å².